The van der Waals surface area contributed by atoms with Gasteiger partial charge in [-0.25, -0.2) is 9.79 Å². The normalized spacial score (nSPS) is 10.9. The van der Waals surface area contributed by atoms with E-state index in [1.165, 1.54) is 7.11 Å². The molecule has 1 aromatic heterocycles. The minimum atomic E-state index is -0.352. The van der Waals surface area contributed by atoms with Crippen molar-refractivity contribution in [3.05, 3.63) is 57.3 Å². The SMILES string of the molecule is CCNC(=NCc1ccc(C(=O)OC)cc1)NCc1cc(Cl)c(Cl)n1C.I. The Morgan fingerprint density at radius 1 is 1.22 bits per heavy atom. The first-order chi connectivity index (χ1) is 12.5. The maximum Gasteiger partial charge on any atom is 0.337 e. The summed E-state index contributed by atoms with van der Waals surface area (Å²) in [6.07, 6.45) is 0. The summed E-state index contributed by atoms with van der Waals surface area (Å²) in [6, 6.07) is 8.99. The fraction of sp³-hybridized carbons (Fsp3) is 0.333. The van der Waals surface area contributed by atoms with E-state index in [4.69, 9.17) is 27.9 Å². The average molecular weight is 525 g/mol. The van der Waals surface area contributed by atoms with Gasteiger partial charge < -0.3 is 19.9 Å². The van der Waals surface area contributed by atoms with Gasteiger partial charge in [0.05, 0.1) is 30.8 Å². The van der Waals surface area contributed by atoms with Crippen LogP contribution >= 0.6 is 47.2 Å². The monoisotopic (exact) mass is 524 g/mol. The Kier molecular flexibility index (Phi) is 9.97. The molecule has 6 nitrogen and oxygen atoms in total. The second-order valence-electron chi connectivity index (χ2n) is 5.57. The summed E-state index contributed by atoms with van der Waals surface area (Å²) in [6.45, 7) is 3.75. The van der Waals surface area contributed by atoms with Crippen molar-refractivity contribution < 1.29 is 9.53 Å². The van der Waals surface area contributed by atoms with Crippen LogP contribution in [0.15, 0.2) is 35.3 Å². The molecule has 2 rings (SSSR count). The molecule has 9 heteroatoms. The molecule has 0 aliphatic rings. The average Bonchev–Trinajstić information content (AvgIpc) is 2.90. The molecule has 0 spiro atoms. The van der Waals surface area contributed by atoms with Crippen LogP contribution in [-0.2, 0) is 24.9 Å². The van der Waals surface area contributed by atoms with Gasteiger partial charge >= 0.3 is 5.97 Å². The number of esters is 1. The molecule has 2 aromatic rings. The highest BCUT2D eigenvalue weighted by molar-refractivity contribution is 14.0. The second-order valence-corrected chi connectivity index (χ2v) is 6.34. The molecule has 0 fully saturated rings. The molecule has 0 radical (unpaired) electrons. The standard InChI is InChI=1S/C18H22Cl2N4O2.HI/c1-4-21-18(23-11-14-9-15(19)16(20)24(14)2)22-10-12-5-7-13(8-6-12)17(25)26-3;/h5-9H,4,10-11H2,1-3H3,(H2,21,22,23);1H. The number of halogens is 3. The summed E-state index contributed by atoms with van der Waals surface area (Å²) in [5.74, 6) is 0.327. The molecule has 1 heterocycles. The lowest BCUT2D eigenvalue weighted by Crippen LogP contribution is -2.37. The number of methoxy groups -OCH3 is 1. The van der Waals surface area contributed by atoms with Crippen molar-refractivity contribution in [2.24, 2.45) is 12.0 Å². The van der Waals surface area contributed by atoms with Gasteiger partial charge in [0.1, 0.15) is 5.15 Å². The van der Waals surface area contributed by atoms with E-state index in [0.717, 1.165) is 17.8 Å². The third kappa shape index (κ3) is 6.58. The summed E-state index contributed by atoms with van der Waals surface area (Å²) in [5, 5.41) is 7.48. The minimum Gasteiger partial charge on any atom is -0.465 e. The minimum absolute atomic E-state index is 0. The topological polar surface area (TPSA) is 67.7 Å². The van der Waals surface area contributed by atoms with Gasteiger partial charge in [0, 0.05) is 19.3 Å². The summed E-state index contributed by atoms with van der Waals surface area (Å²) >= 11 is 12.1. The first kappa shape index (κ1) is 23.6. The molecule has 0 bridgehead atoms. The lowest BCUT2D eigenvalue weighted by Gasteiger charge is -2.12. The van der Waals surface area contributed by atoms with E-state index in [2.05, 4.69) is 15.6 Å². The number of nitrogens with zero attached hydrogens (tertiary/aromatic N) is 2. The third-order valence-corrected chi connectivity index (χ3v) is 4.63. The summed E-state index contributed by atoms with van der Waals surface area (Å²) in [7, 11) is 3.22. The van der Waals surface area contributed by atoms with Crippen LogP contribution in [0.5, 0.6) is 0 Å². The number of aliphatic imine (C=N–C) groups is 1. The Labute approximate surface area is 186 Å². The van der Waals surface area contributed by atoms with Gasteiger partial charge in [-0.3, -0.25) is 0 Å². The largest absolute Gasteiger partial charge is 0.465 e. The van der Waals surface area contributed by atoms with E-state index in [-0.39, 0.29) is 29.9 Å². The maximum atomic E-state index is 11.5. The molecule has 0 saturated heterocycles. The number of ether oxygens (including phenoxy) is 1. The van der Waals surface area contributed by atoms with Crippen LogP contribution in [0, 0.1) is 0 Å². The summed E-state index contributed by atoms with van der Waals surface area (Å²) in [5.41, 5.74) is 2.45. The van der Waals surface area contributed by atoms with E-state index in [9.17, 15) is 4.79 Å². The first-order valence-corrected chi connectivity index (χ1v) is 8.90. The Bertz CT molecular complexity index is 791. The zero-order valence-electron chi connectivity index (χ0n) is 15.4. The number of aromatic nitrogens is 1. The zero-order valence-corrected chi connectivity index (χ0v) is 19.2. The fourth-order valence-corrected chi connectivity index (χ4v) is 2.72. The van der Waals surface area contributed by atoms with Crippen LogP contribution in [-0.4, -0.2) is 30.2 Å². The Hall–Kier alpha value is -1.45. The van der Waals surface area contributed by atoms with Gasteiger partial charge in [0.2, 0.25) is 0 Å². The van der Waals surface area contributed by atoms with Crippen molar-refractivity contribution in [2.75, 3.05) is 13.7 Å². The third-order valence-electron chi connectivity index (χ3n) is 3.79. The van der Waals surface area contributed by atoms with Crippen molar-refractivity contribution in [1.29, 1.82) is 0 Å². The second kappa shape index (κ2) is 11.4. The van der Waals surface area contributed by atoms with Gasteiger partial charge in [-0.05, 0) is 30.7 Å². The van der Waals surface area contributed by atoms with Crippen molar-refractivity contribution in [1.82, 2.24) is 15.2 Å². The van der Waals surface area contributed by atoms with Crippen LogP contribution in [0.2, 0.25) is 10.2 Å². The van der Waals surface area contributed by atoms with Crippen LogP contribution in [0.4, 0.5) is 0 Å². The van der Waals surface area contributed by atoms with E-state index >= 15 is 0 Å². The lowest BCUT2D eigenvalue weighted by molar-refractivity contribution is 0.0600. The quantitative estimate of drug-likeness (QED) is 0.259. The predicted molar refractivity (Wildman–Crippen MR) is 120 cm³/mol. The number of rotatable bonds is 6. The van der Waals surface area contributed by atoms with E-state index in [1.807, 2.05) is 36.7 Å². The number of carbonyl (C=O) groups excluding carboxylic acids is 1. The number of guanidine groups is 1. The molecule has 0 atom stereocenters. The van der Waals surface area contributed by atoms with Crippen LogP contribution in [0.3, 0.4) is 0 Å². The molecule has 2 N–H and O–H groups in total. The molecule has 0 aliphatic carbocycles. The Morgan fingerprint density at radius 3 is 2.41 bits per heavy atom. The van der Waals surface area contributed by atoms with E-state index in [1.54, 1.807) is 12.1 Å². The Balaban J connectivity index is 0.00000364. The number of benzene rings is 1. The molecule has 0 saturated carbocycles. The van der Waals surface area contributed by atoms with Crippen LogP contribution in [0.1, 0.15) is 28.5 Å². The smallest absolute Gasteiger partial charge is 0.337 e. The molecule has 0 amide bonds. The molecule has 0 unspecified atom stereocenters. The highest BCUT2D eigenvalue weighted by atomic mass is 127. The highest BCUT2D eigenvalue weighted by Crippen LogP contribution is 2.24. The maximum absolute atomic E-state index is 11.5. The molecule has 27 heavy (non-hydrogen) atoms. The Morgan fingerprint density at radius 2 is 1.89 bits per heavy atom. The molecular weight excluding hydrogens is 502 g/mol. The van der Waals surface area contributed by atoms with E-state index in [0.29, 0.717) is 34.8 Å². The number of hydrogen-bond acceptors (Lipinski definition) is 3. The molecule has 148 valence electrons. The van der Waals surface area contributed by atoms with Crippen molar-refractivity contribution in [2.45, 2.75) is 20.0 Å². The van der Waals surface area contributed by atoms with Gasteiger partial charge in [-0.1, -0.05) is 35.3 Å². The van der Waals surface area contributed by atoms with Crippen LogP contribution < -0.4 is 10.6 Å². The van der Waals surface area contributed by atoms with Crippen molar-refractivity contribution in [3.63, 3.8) is 0 Å². The number of nitrogens with one attached hydrogen (secondary N) is 2. The summed E-state index contributed by atoms with van der Waals surface area (Å²) < 4.78 is 6.52. The molecule has 1 aromatic carbocycles. The van der Waals surface area contributed by atoms with Gasteiger partial charge in [-0.15, -0.1) is 24.0 Å². The summed E-state index contributed by atoms with van der Waals surface area (Å²) in [4.78, 5) is 16.0. The van der Waals surface area contributed by atoms with Crippen molar-refractivity contribution in [3.8, 4) is 0 Å². The highest BCUT2D eigenvalue weighted by Gasteiger charge is 2.09. The predicted octanol–water partition coefficient (Wildman–Crippen LogP) is 3.99. The molecular formula is C18H23Cl2IN4O2. The van der Waals surface area contributed by atoms with Gasteiger partial charge in [0.25, 0.3) is 0 Å². The van der Waals surface area contributed by atoms with Crippen molar-refractivity contribution >= 4 is 59.1 Å². The lowest BCUT2D eigenvalue weighted by atomic mass is 10.1. The first-order valence-electron chi connectivity index (χ1n) is 8.15. The van der Waals surface area contributed by atoms with E-state index < -0.39 is 0 Å². The number of carbonyl (C=O) groups is 1. The van der Waals surface area contributed by atoms with Crippen LogP contribution in [0.25, 0.3) is 0 Å². The fourth-order valence-electron chi connectivity index (χ4n) is 2.31. The zero-order chi connectivity index (χ0) is 19.1. The molecule has 0 aliphatic heterocycles. The van der Waals surface area contributed by atoms with Gasteiger partial charge in [0.15, 0.2) is 5.96 Å². The van der Waals surface area contributed by atoms with Gasteiger partial charge in [-0.2, -0.15) is 0 Å². The number of hydrogen-bond donors (Lipinski definition) is 2.